The van der Waals surface area contributed by atoms with Crippen LogP contribution in [0, 0.1) is 21.7 Å². The first-order valence-corrected chi connectivity index (χ1v) is 9.01. The molecule has 0 radical (unpaired) electrons. The average Bonchev–Trinajstić information content (AvgIpc) is 2.77. The van der Waals surface area contributed by atoms with Crippen LogP contribution in [-0.4, -0.2) is 49.6 Å². The molecule has 15 heteroatoms. The second kappa shape index (κ2) is 11.4. The summed E-state index contributed by atoms with van der Waals surface area (Å²) in [4.78, 5) is 46.0. The number of carbonyl (C=O) groups excluding carboxylic acids is 3. The largest absolute Gasteiger partial charge is 0.493 e. The smallest absolute Gasteiger partial charge is 0.387 e. The molecule has 2 rings (SSSR count). The number of nitro groups is 1. The Balaban J connectivity index is 1.97. The molecule has 2 amide bonds. The summed E-state index contributed by atoms with van der Waals surface area (Å²) in [5.74, 6) is -6.63. The highest BCUT2D eigenvalue weighted by molar-refractivity contribution is 5.97. The van der Waals surface area contributed by atoms with Gasteiger partial charge in [-0.3, -0.25) is 19.7 Å². The number of hydrogen-bond acceptors (Lipinski definition) is 8. The van der Waals surface area contributed by atoms with Gasteiger partial charge in [0.05, 0.1) is 24.6 Å². The molecule has 0 fully saturated rings. The van der Waals surface area contributed by atoms with E-state index in [-0.39, 0.29) is 5.69 Å². The maximum atomic E-state index is 13.1. The molecule has 0 aliphatic rings. The van der Waals surface area contributed by atoms with E-state index < -0.39 is 76.9 Å². The van der Waals surface area contributed by atoms with Crippen molar-refractivity contribution in [3.05, 3.63) is 57.6 Å². The zero-order valence-electron chi connectivity index (χ0n) is 17.1. The predicted octanol–water partition coefficient (Wildman–Crippen LogP) is 2.39. The van der Waals surface area contributed by atoms with E-state index in [1.165, 1.54) is 0 Å². The Kier molecular flexibility index (Phi) is 8.69. The summed E-state index contributed by atoms with van der Waals surface area (Å²) < 4.78 is 64.5. The predicted molar refractivity (Wildman–Crippen MR) is 105 cm³/mol. The SMILES string of the molecule is COc1cc(C(=O)OCC(=O)NCC(=O)Nc2ccc(F)c(F)c2)c([N+](=O)[O-])cc1OC(F)F. The van der Waals surface area contributed by atoms with Gasteiger partial charge in [0, 0.05) is 17.8 Å². The van der Waals surface area contributed by atoms with Gasteiger partial charge < -0.3 is 24.8 Å². The summed E-state index contributed by atoms with van der Waals surface area (Å²) in [5.41, 5.74) is -1.75. The number of esters is 1. The minimum atomic E-state index is -3.32. The Labute approximate surface area is 187 Å². The number of benzene rings is 2. The summed E-state index contributed by atoms with van der Waals surface area (Å²) in [6.07, 6.45) is 0. The zero-order valence-corrected chi connectivity index (χ0v) is 17.1. The molecule has 2 N–H and O–H groups in total. The molecule has 11 nitrogen and oxygen atoms in total. The lowest BCUT2D eigenvalue weighted by Crippen LogP contribution is -2.35. The number of alkyl halides is 2. The Morgan fingerprint density at radius 3 is 2.35 bits per heavy atom. The normalized spacial score (nSPS) is 10.4. The molecule has 0 aliphatic heterocycles. The fourth-order valence-corrected chi connectivity index (χ4v) is 2.43. The van der Waals surface area contributed by atoms with Crippen LogP contribution in [0.2, 0.25) is 0 Å². The summed E-state index contributed by atoms with van der Waals surface area (Å²) in [7, 11) is 1.04. The molecule has 0 aliphatic carbocycles. The van der Waals surface area contributed by atoms with E-state index in [0.29, 0.717) is 6.07 Å². The molecule has 182 valence electrons. The lowest BCUT2D eigenvalue weighted by molar-refractivity contribution is -0.385. The molecule has 2 aromatic rings. The van der Waals surface area contributed by atoms with Crippen LogP contribution in [0.5, 0.6) is 11.5 Å². The fourth-order valence-electron chi connectivity index (χ4n) is 2.43. The molecule has 0 heterocycles. The van der Waals surface area contributed by atoms with Crippen molar-refractivity contribution in [2.75, 3.05) is 25.6 Å². The molecular formula is C19H15F4N3O8. The molecule has 0 unspecified atom stereocenters. The molecule has 0 bridgehead atoms. The van der Waals surface area contributed by atoms with Gasteiger partial charge in [-0.1, -0.05) is 0 Å². The lowest BCUT2D eigenvalue weighted by atomic mass is 10.1. The standard InChI is InChI=1S/C19H15F4N3O8/c1-32-14-5-10(13(26(30)31)6-15(14)34-19(22)23)18(29)33-8-17(28)24-7-16(27)25-9-2-3-11(20)12(21)4-9/h2-6,19H,7-8H2,1H3,(H,24,28)(H,25,27). The number of ether oxygens (including phenoxy) is 3. The number of nitrogens with one attached hydrogen (secondary N) is 2. The van der Waals surface area contributed by atoms with Gasteiger partial charge in [0.2, 0.25) is 5.91 Å². The Morgan fingerprint density at radius 1 is 1.06 bits per heavy atom. The third-order valence-corrected chi connectivity index (χ3v) is 3.90. The van der Waals surface area contributed by atoms with Crippen LogP contribution < -0.4 is 20.1 Å². The highest BCUT2D eigenvalue weighted by atomic mass is 19.3. The number of amides is 2. The maximum Gasteiger partial charge on any atom is 0.387 e. The van der Waals surface area contributed by atoms with E-state index in [1.54, 1.807) is 0 Å². The summed E-state index contributed by atoms with van der Waals surface area (Å²) in [6, 6.07) is 3.84. The van der Waals surface area contributed by atoms with Crippen molar-refractivity contribution in [2.24, 2.45) is 0 Å². The number of nitro benzene ring substituents is 1. The van der Waals surface area contributed by atoms with Crippen LogP contribution in [0.3, 0.4) is 0 Å². The van der Waals surface area contributed by atoms with Gasteiger partial charge in [-0.15, -0.1) is 0 Å². The second-order valence-corrected chi connectivity index (χ2v) is 6.19. The van der Waals surface area contributed by atoms with Gasteiger partial charge in [0.1, 0.15) is 5.56 Å². The molecular weight excluding hydrogens is 474 g/mol. The second-order valence-electron chi connectivity index (χ2n) is 6.19. The van der Waals surface area contributed by atoms with E-state index in [2.05, 4.69) is 20.1 Å². The third kappa shape index (κ3) is 7.04. The molecule has 0 aromatic heterocycles. The van der Waals surface area contributed by atoms with Crippen molar-refractivity contribution >= 4 is 29.2 Å². The average molecular weight is 489 g/mol. The molecule has 0 atom stereocenters. The summed E-state index contributed by atoms with van der Waals surface area (Å²) in [5, 5.41) is 15.5. The van der Waals surface area contributed by atoms with E-state index in [9.17, 15) is 42.1 Å². The van der Waals surface area contributed by atoms with Crippen LogP contribution in [0.1, 0.15) is 10.4 Å². The first-order chi connectivity index (χ1) is 16.0. The minimum Gasteiger partial charge on any atom is -0.493 e. The van der Waals surface area contributed by atoms with Crippen molar-refractivity contribution < 1.29 is 51.1 Å². The van der Waals surface area contributed by atoms with Gasteiger partial charge in [-0.2, -0.15) is 8.78 Å². The third-order valence-electron chi connectivity index (χ3n) is 3.90. The Bertz CT molecular complexity index is 1110. The van der Waals surface area contributed by atoms with Crippen LogP contribution in [0.15, 0.2) is 30.3 Å². The number of carbonyl (C=O) groups is 3. The Hall–Kier alpha value is -4.43. The highest BCUT2D eigenvalue weighted by Gasteiger charge is 2.27. The molecule has 0 spiro atoms. The van der Waals surface area contributed by atoms with E-state index >= 15 is 0 Å². The van der Waals surface area contributed by atoms with Gasteiger partial charge >= 0.3 is 12.6 Å². The van der Waals surface area contributed by atoms with Crippen molar-refractivity contribution in [3.63, 3.8) is 0 Å². The number of methoxy groups -OCH3 is 1. The van der Waals surface area contributed by atoms with Crippen molar-refractivity contribution in [3.8, 4) is 11.5 Å². The molecule has 34 heavy (non-hydrogen) atoms. The molecule has 2 aromatic carbocycles. The van der Waals surface area contributed by atoms with Gasteiger partial charge in [0.15, 0.2) is 29.7 Å². The number of halogens is 4. The first-order valence-electron chi connectivity index (χ1n) is 9.01. The highest BCUT2D eigenvalue weighted by Crippen LogP contribution is 2.36. The van der Waals surface area contributed by atoms with Crippen LogP contribution in [0.4, 0.5) is 28.9 Å². The number of anilines is 1. The summed E-state index contributed by atoms with van der Waals surface area (Å²) >= 11 is 0. The van der Waals surface area contributed by atoms with Crippen LogP contribution in [0.25, 0.3) is 0 Å². The van der Waals surface area contributed by atoms with E-state index in [0.717, 1.165) is 31.4 Å². The number of nitrogens with zero attached hydrogens (tertiary/aromatic N) is 1. The van der Waals surface area contributed by atoms with E-state index in [4.69, 9.17) is 4.74 Å². The van der Waals surface area contributed by atoms with E-state index in [1.807, 2.05) is 0 Å². The van der Waals surface area contributed by atoms with Crippen molar-refractivity contribution in [2.45, 2.75) is 6.61 Å². The summed E-state index contributed by atoms with van der Waals surface area (Å²) in [6.45, 7) is -4.93. The monoisotopic (exact) mass is 489 g/mol. The topological polar surface area (TPSA) is 146 Å². The first kappa shape index (κ1) is 25.8. The molecule has 0 saturated carbocycles. The fraction of sp³-hybridized carbons (Fsp3) is 0.211. The van der Waals surface area contributed by atoms with Crippen molar-refractivity contribution in [1.29, 1.82) is 0 Å². The Morgan fingerprint density at radius 2 is 1.76 bits per heavy atom. The van der Waals surface area contributed by atoms with Gasteiger partial charge in [0.25, 0.3) is 11.6 Å². The molecule has 0 saturated heterocycles. The maximum absolute atomic E-state index is 13.1. The number of hydrogen-bond donors (Lipinski definition) is 2. The van der Waals surface area contributed by atoms with Gasteiger partial charge in [-0.25, -0.2) is 13.6 Å². The quantitative estimate of drug-likeness (QED) is 0.224. The van der Waals surface area contributed by atoms with Gasteiger partial charge in [-0.05, 0) is 12.1 Å². The van der Waals surface area contributed by atoms with Crippen molar-refractivity contribution in [1.82, 2.24) is 5.32 Å². The minimum absolute atomic E-state index is 0.0786. The lowest BCUT2D eigenvalue weighted by Gasteiger charge is -2.12. The number of rotatable bonds is 10. The van der Waals surface area contributed by atoms with Crippen LogP contribution in [-0.2, 0) is 14.3 Å². The van der Waals surface area contributed by atoms with Crippen LogP contribution >= 0.6 is 0 Å². The zero-order chi connectivity index (χ0) is 25.4.